The summed E-state index contributed by atoms with van der Waals surface area (Å²) < 4.78 is 15.9. The fourth-order valence-corrected chi connectivity index (χ4v) is 3.91. The molecule has 144 valence electrons. The van der Waals surface area contributed by atoms with E-state index in [4.69, 9.17) is 14.2 Å². The lowest BCUT2D eigenvalue weighted by molar-refractivity contribution is -0.142. The summed E-state index contributed by atoms with van der Waals surface area (Å²) in [5.41, 5.74) is 1.52. The summed E-state index contributed by atoms with van der Waals surface area (Å²) in [6.45, 7) is 0.149. The molecule has 28 heavy (non-hydrogen) atoms. The maximum Gasteiger partial charge on any atom is 0.231 e. The van der Waals surface area contributed by atoms with Crippen LogP contribution in [-0.4, -0.2) is 31.3 Å². The summed E-state index contributed by atoms with van der Waals surface area (Å²) in [5, 5.41) is 0. The third kappa shape index (κ3) is 3.38. The third-order valence-corrected chi connectivity index (χ3v) is 5.26. The second-order valence-corrected chi connectivity index (χ2v) is 7.04. The molecule has 0 bridgehead atoms. The minimum Gasteiger partial charge on any atom is -0.496 e. The standard InChI is InChI=1S/C22H20O6/c1-26-19-5-3-2-4-15(19)14-10-17(24)22(18(25)11-14)16(23)8-13-6-7-20-21(9-13)28-12-27-20/h2-7,9,14,22H,8,10-12H2,1H3. The quantitative estimate of drug-likeness (QED) is 0.742. The largest absolute Gasteiger partial charge is 0.496 e. The summed E-state index contributed by atoms with van der Waals surface area (Å²) >= 11 is 0. The lowest BCUT2D eigenvalue weighted by Crippen LogP contribution is -2.38. The van der Waals surface area contributed by atoms with Crippen LogP contribution in [0.2, 0.25) is 0 Å². The topological polar surface area (TPSA) is 78.9 Å². The van der Waals surface area contributed by atoms with Crippen molar-refractivity contribution in [3.8, 4) is 17.2 Å². The van der Waals surface area contributed by atoms with Crippen LogP contribution in [0.25, 0.3) is 0 Å². The number of hydrogen-bond donors (Lipinski definition) is 0. The molecule has 0 aromatic heterocycles. The monoisotopic (exact) mass is 380 g/mol. The molecule has 0 spiro atoms. The van der Waals surface area contributed by atoms with Crippen LogP contribution in [0.1, 0.15) is 29.9 Å². The number of benzene rings is 2. The van der Waals surface area contributed by atoms with Gasteiger partial charge in [-0.1, -0.05) is 24.3 Å². The van der Waals surface area contributed by atoms with Crippen molar-refractivity contribution in [2.45, 2.75) is 25.2 Å². The van der Waals surface area contributed by atoms with Gasteiger partial charge in [0, 0.05) is 25.2 Å². The van der Waals surface area contributed by atoms with E-state index in [-0.39, 0.29) is 49.3 Å². The highest BCUT2D eigenvalue weighted by Crippen LogP contribution is 2.37. The van der Waals surface area contributed by atoms with Crippen molar-refractivity contribution in [2.24, 2.45) is 5.92 Å². The van der Waals surface area contributed by atoms with Gasteiger partial charge in [-0.2, -0.15) is 0 Å². The molecule has 0 saturated heterocycles. The van der Waals surface area contributed by atoms with Gasteiger partial charge >= 0.3 is 0 Å². The lowest BCUT2D eigenvalue weighted by Gasteiger charge is -2.27. The molecule has 1 aliphatic carbocycles. The van der Waals surface area contributed by atoms with Crippen LogP contribution < -0.4 is 14.2 Å². The summed E-state index contributed by atoms with van der Waals surface area (Å²) in [6, 6.07) is 12.6. The summed E-state index contributed by atoms with van der Waals surface area (Å²) in [4.78, 5) is 38.1. The molecule has 2 aromatic carbocycles. The third-order valence-electron chi connectivity index (χ3n) is 5.26. The van der Waals surface area contributed by atoms with Crippen LogP contribution >= 0.6 is 0 Å². The summed E-state index contributed by atoms with van der Waals surface area (Å²) in [5.74, 6) is -0.605. The van der Waals surface area contributed by atoms with Gasteiger partial charge in [-0.15, -0.1) is 0 Å². The van der Waals surface area contributed by atoms with Gasteiger partial charge in [0.25, 0.3) is 0 Å². The molecule has 0 amide bonds. The molecule has 0 N–H and O–H groups in total. The molecule has 6 nitrogen and oxygen atoms in total. The maximum absolute atomic E-state index is 12.7. The van der Waals surface area contributed by atoms with E-state index in [0.717, 1.165) is 5.56 Å². The molecule has 2 aliphatic rings. The van der Waals surface area contributed by atoms with Gasteiger partial charge in [0.2, 0.25) is 6.79 Å². The molecule has 1 saturated carbocycles. The van der Waals surface area contributed by atoms with E-state index >= 15 is 0 Å². The van der Waals surface area contributed by atoms with E-state index in [1.54, 1.807) is 31.4 Å². The molecule has 2 aromatic rings. The first-order chi connectivity index (χ1) is 13.6. The molecule has 1 heterocycles. The predicted molar refractivity (Wildman–Crippen MR) is 99.7 cm³/mol. The van der Waals surface area contributed by atoms with E-state index in [1.807, 2.05) is 18.2 Å². The first-order valence-electron chi connectivity index (χ1n) is 9.16. The fraction of sp³-hybridized carbons (Fsp3) is 0.318. The molecule has 0 radical (unpaired) electrons. The van der Waals surface area contributed by atoms with E-state index in [1.165, 1.54) is 0 Å². The van der Waals surface area contributed by atoms with Gasteiger partial charge in [0.05, 0.1) is 7.11 Å². The average Bonchev–Trinajstić information content (AvgIpc) is 3.15. The van der Waals surface area contributed by atoms with Crippen molar-refractivity contribution < 1.29 is 28.6 Å². The Hall–Kier alpha value is -3.15. The Bertz CT molecular complexity index is 930. The number of para-hydroxylation sites is 1. The number of fused-ring (bicyclic) bond motifs is 1. The SMILES string of the molecule is COc1ccccc1C1CC(=O)C(C(=O)Cc2ccc3c(c2)OCO3)C(=O)C1. The van der Waals surface area contributed by atoms with E-state index < -0.39 is 5.92 Å². The van der Waals surface area contributed by atoms with Gasteiger partial charge in [-0.3, -0.25) is 14.4 Å². The first kappa shape index (κ1) is 18.2. The molecule has 4 rings (SSSR count). The molecule has 0 atom stereocenters. The first-order valence-corrected chi connectivity index (χ1v) is 9.16. The predicted octanol–water partition coefficient (Wildman–Crippen LogP) is 2.87. The number of rotatable bonds is 5. The molecule has 6 heteroatoms. The van der Waals surface area contributed by atoms with Crippen molar-refractivity contribution in [3.05, 3.63) is 53.6 Å². The second kappa shape index (κ2) is 7.46. The lowest BCUT2D eigenvalue weighted by atomic mass is 9.74. The number of carbonyl (C=O) groups excluding carboxylic acids is 3. The van der Waals surface area contributed by atoms with Crippen LogP contribution in [0.4, 0.5) is 0 Å². The highest BCUT2D eigenvalue weighted by molar-refractivity contribution is 6.21. The Balaban J connectivity index is 1.48. The van der Waals surface area contributed by atoms with Gasteiger partial charge < -0.3 is 14.2 Å². The zero-order valence-electron chi connectivity index (χ0n) is 15.5. The van der Waals surface area contributed by atoms with Crippen LogP contribution in [0.5, 0.6) is 17.2 Å². The van der Waals surface area contributed by atoms with Crippen LogP contribution in [0, 0.1) is 5.92 Å². The molecular weight excluding hydrogens is 360 g/mol. The smallest absolute Gasteiger partial charge is 0.231 e. The zero-order valence-corrected chi connectivity index (χ0v) is 15.5. The minimum absolute atomic E-state index is 0.0120. The number of Topliss-reactive ketones (excluding diaryl/α,β-unsaturated/α-hetero) is 3. The van der Waals surface area contributed by atoms with Crippen molar-refractivity contribution in [1.29, 1.82) is 0 Å². The van der Waals surface area contributed by atoms with E-state index in [0.29, 0.717) is 22.8 Å². The molecular formula is C22H20O6. The number of ketones is 3. The molecule has 1 fully saturated rings. The highest BCUT2D eigenvalue weighted by Gasteiger charge is 2.40. The van der Waals surface area contributed by atoms with Crippen LogP contribution in [0.15, 0.2) is 42.5 Å². The molecule has 0 unspecified atom stereocenters. The van der Waals surface area contributed by atoms with Crippen molar-refractivity contribution >= 4 is 17.3 Å². The van der Waals surface area contributed by atoms with Crippen LogP contribution in [0.3, 0.4) is 0 Å². The van der Waals surface area contributed by atoms with Gasteiger partial charge in [0.15, 0.2) is 28.8 Å². The Kier molecular flexibility index (Phi) is 4.86. The van der Waals surface area contributed by atoms with E-state index in [2.05, 4.69) is 0 Å². The Morgan fingerprint density at radius 1 is 1.04 bits per heavy atom. The highest BCUT2D eigenvalue weighted by atomic mass is 16.7. The zero-order chi connectivity index (χ0) is 19.7. The van der Waals surface area contributed by atoms with E-state index in [9.17, 15) is 14.4 Å². The number of ether oxygens (including phenoxy) is 3. The minimum atomic E-state index is -1.18. The van der Waals surface area contributed by atoms with Gasteiger partial charge in [-0.05, 0) is 29.3 Å². The Labute approximate surface area is 162 Å². The van der Waals surface area contributed by atoms with Crippen molar-refractivity contribution in [2.75, 3.05) is 13.9 Å². The normalized spacial score (nSPS) is 20.9. The number of carbonyl (C=O) groups is 3. The molecule has 1 aliphatic heterocycles. The average molecular weight is 380 g/mol. The number of hydrogen-bond acceptors (Lipinski definition) is 6. The van der Waals surface area contributed by atoms with Crippen molar-refractivity contribution in [3.63, 3.8) is 0 Å². The maximum atomic E-state index is 12.7. The summed E-state index contributed by atoms with van der Waals surface area (Å²) in [6.07, 6.45) is 0.325. The number of methoxy groups -OCH3 is 1. The fourth-order valence-electron chi connectivity index (χ4n) is 3.91. The summed E-state index contributed by atoms with van der Waals surface area (Å²) in [7, 11) is 1.56. The van der Waals surface area contributed by atoms with Gasteiger partial charge in [0.1, 0.15) is 11.7 Å². The Morgan fingerprint density at radius 3 is 2.50 bits per heavy atom. The second-order valence-electron chi connectivity index (χ2n) is 7.04. The van der Waals surface area contributed by atoms with Gasteiger partial charge in [-0.25, -0.2) is 0 Å². The Morgan fingerprint density at radius 2 is 1.75 bits per heavy atom. The van der Waals surface area contributed by atoms with Crippen molar-refractivity contribution in [1.82, 2.24) is 0 Å². The van der Waals surface area contributed by atoms with Crippen LogP contribution in [-0.2, 0) is 20.8 Å².